The molecule has 2 aliphatic rings. The molecule has 1 amide bonds. The van der Waals surface area contributed by atoms with E-state index in [9.17, 15) is 13.2 Å². The van der Waals surface area contributed by atoms with Crippen molar-refractivity contribution in [2.45, 2.75) is 42.8 Å². The van der Waals surface area contributed by atoms with Crippen LogP contribution >= 0.6 is 0 Å². The van der Waals surface area contributed by atoms with E-state index in [0.29, 0.717) is 25.9 Å². The van der Waals surface area contributed by atoms with Crippen molar-refractivity contribution in [3.63, 3.8) is 0 Å². The smallest absolute Gasteiger partial charge is 0.245 e. The average molecular weight is 430 g/mol. The molecular weight excluding hydrogens is 402 g/mol. The topological polar surface area (TPSA) is 98.4 Å². The van der Waals surface area contributed by atoms with Crippen LogP contribution in [-0.2, 0) is 21.2 Å². The van der Waals surface area contributed by atoms with Gasteiger partial charge in [0.05, 0.1) is 11.2 Å². The van der Waals surface area contributed by atoms with E-state index in [1.165, 1.54) is 10.6 Å². The van der Waals surface area contributed by atoms with Gasteiger partial charge in [-0.3, -0.25) is 4.79 Å². The minimum Gasteiger partial charge on any atom is -0.348 e. The van der Waals surface area contributed by atoms with E-state index in [1.807, 2.05) is 14.0 Å². The molecule has 1 atom stereocenters. The van der Waals surface area contributed by atoms with Gasteiger partial charge in [-0.15, -0.1) is 0 Å². The number of nitrogens with one attached hydrogen (secondary N) is 2. The first-order valence-electron chi connectivity index (χ1n) is 10.0. The summed E-state index contributed by atoms with van der Waals surface area (Å²) in [7, 11) is -1.92. The van der Waals surface area contributed by atoms with Crippen molar-refractivity contribution in [2.24, 2.45) is 0 Å². The number of rotatable bonds is 5. The van der Waals surface area contributed by atoms with Crippen LogP contribution in [0.5, 0.6) is 0 Å². The van der Waals surface area contributed by atoms with Crippen molar-refractivity contribution < 1.29 is 13.2 Å². The van der Waals surface area contributed by atoms with Gasteiger partial charge in [-0.05, 0) is 44.5 Å². The number of aromatic nitrogens is 2. The van der Waals surface area contributed by atoms with Crippen molar-refractivity contribution in [2.75, 3.05) is 20.1 Å². The molecule has 3 heterocycles. The highest BCUT2D eigenvalue weighted by Crippen LogP contribution is 2.38. The lowest BCUT2D eigenvalue weighted by atomic mass is 9.98. The van der Waals surface area contributed by atoms with Crippen LogP contribution in [0.15, 0.2) is 48.3 Å². The monoisotopic (exact) mass is 429 g/mol. The highest BCUT2D eigenvalue weighted by atomic mass is 32.2. The molecule has 1 aromatic carbocycles. The van der Waals surface area contributed by atoms with E-state index in [-0.39, 0.29) is 17.2 Å². The first kappa shape index (κ1) is 20.8. The quantitative estimate of drug-likeness (QED) is 0.752. The number of benzene rings is 1. The van der Waals surface area contributed by atoms with Gasteiger partial charge in [0, 0.05) is 31.4 Å². The summed E-state index contributed by atoms with van der Waals surface area (Å²) in [4.78, 5) is 22.3. The van der Waals surface area contributed by atoms with Gasteiger partial charge in [0.2, 0.25) is 15.9 Å². The van der Waals surface area contributed by atoms with Gasteiger partial charge in [-0.25, -0.2) is 13.4 Å². The maximum absolute atomic E-state index is 13.8. The molecule has 2 aliphatic heterocycles. The molecule has 30 heavy (non-hydrogen) atoms. The molecule has 2 saturated heterocycles. The molecule has 160 valence electrons. The van der Waals surface area contributed by atoms with Gasteiger partial charge in [-0.1, -0.05) is 24.3 Å². The molecule has 0 saturated carbocycles. The standard InChI is InChI=1S/C21H27N5O3S/c1-15(2)16-4-6-18(7-5-16)30(28,29)26-19(12-17-13-22-14-23-17)20(27)24-21(26)8-10-25(3)11-9-21/h4-7,13-14,19H,1,8-12H2,2-3H3,(H,22,23)(H,24,27). The number of carbonyl (C=O) groups is 1. The Morgan fingerprint density at radius 2 is 1.93 bits per heavy atom. The highest BCUT2D eigenvalue weighted by molar-refractivity contribution is 7.89. The SMILES string of the molecule is C=C(C)c1ccc(S(=O)(=O)N2C(Cc3cnc[nH]3)C(=O)NC23CCN(C)CC3)cc1. The van der Waals surface area contributed by atoms with E-state index in [1.54, 1.807) is 30.5 Å². The lowest BCUT2D eigenvalue weighted by molar-refractivity contribution is -0.121. The number of hydrogen-bond donors (Lipinski definition) is 2. The number of sulfonamides is 1. The summed E-state index contributed by atoms with van der Waals surface area (Å²) >= 11 is 0. The normalized spacial score (nSPS) is 22.3. The number of carbonyl (C=O) groups excluding carboxylic acids is 1. The Bertz CT molecular complexity index is 1040. The summed E-state index contributed by atoms with van der Waals surface area (Å²) in [6.45, 7) is 7.19. The number of amides is 1. The molecule has 1 spiro atoms. The average Bonchev–Trinajstić information content (AvgIpc) is 3.31. The first-order valence-corrected chi connectivity index (χ1v) is 11.5. The number of piperidine rings is 1. The molecule has 0 radical (unpaired) electrons. The Kier molecular flexibility index (Phi) is 5.29. The second-order valence-corrected chi connectivity index (χ2v) is 10.0. The summed E-state index contributed by atoms with van der Waals surface area (Å²) in [6.07, 6.45) is 4.48. The third kappa shape index (κ3) is 3.57. The van der Waals surface area contributed by atoms with Gasteiger partial charge in [-0.2, -0.15) is 4.31 Å². The summed E-state index contributed by atoms with van der Waals surface area (Å²) in [5, 5.41) is 3.04. The molecule has 9 heteroatoms. The number of allylic oxidation sites excluding steroid dienone is 1. The Morgan fingerprint density at radius 1 is 1.27 bits per heavy atom. The molecular formula is C21H27N5O3S. The lowest BCUT2D eigenvalue weighted by Gasteiger charge is -2.43. The fraction of sp³-hybridized carbons (Fsp3) is 0.429. The molecule has 4 rings (SSSR count). The van der Waals surface area contributed by atoms with Crippen molar-refractivity contribution >= 4 is 21.5 Å². The summed E-state index contributed by atoms with van der Waals surface area (Å²) < 4.78 is 29.1. The van der Waals surface area contributed by atoms with E-state index < -0.39 is 21.7 Å². The van der Waals surface area contributed by atoms with Crippen LogP contribution in [0.25, 0.3) is 5.57 Å². The zero-order valence-electron chi connectivity index (χ0n) is 17.3. The molecule has 0 bridgehead atoms. The lowest BCUT2D eigenvalue weighted by Crippen LogP contribution is -2.60. The van der Waals surface area contributed by atoms with Crippen molar-refractivity contribution in [1.29, 1.82) is 0 Å². The predicted molar refractivity (Wildman–Crippen MR) is 114 cm³/mol. The van der Waals surface area contributed by atoms with Gasteiger partial charge >= 0.3 is 0 Å². The van der Waals surface area contributed by atoms with Crippen LogP contribution in [0.4, 0.5) is 0 Å². The predicted octanol–water partition coefficient (Wildman–Crippen LogP) is 1.60. The number of likely N-dealkylation sites (tertiary alicyclic amines) is 1. The van der Waals surface area contributed by atoms with Crippen LogP contribution in [-0.4, -0.2) is 65.3 Å². The minimum atomic E-state index is -3.92. The van der Waals surface area contributed by atoms with Crippen LogP contribution in [0, 0.1) is 0 Å². The Morgan fingerprint density at radius 3 is 2.50 bits per heavy atom. The summed E-state index contributed by atoms with van der Waals surface area (Å²) in [6, 6.07) is 5.87. The maximum atomic E-state index is 13.8. The molecule has 2 fully saturated rings. The van der Waals surface area contributed by atoms with Crippen molar-refractivity contribution in [1.82, 2.24) is 24.5 Å². The van der Waals surface area contributed by atoms with Crippen LogP contribution < -0.4 is 5.32 Å². The number of imidazole rings is 1. The zero-order valence-corrected chi connectivity index (χ0v) is 18.1. The Balaban J connectivity index is 1.76. The maximum Gasteiger partial charge on any atom is 0.245 e. The number of hydrogen-bond acceptors (Lipinski definition) is 5. The van der Waals surface area contributed by atoms with Gasteiger partial charge in [0.1, 0.15) is 11.7 Å². The second kappa shape index (κ2) is 7.64. The minimum absolute atomic E-state index is 0.178. The fourth-order valence-corrected chi connectivity index (χ4v) is 6.21. The van der Waals surface area contributed by atoms with E-state index in [0.717, 1.165) is 16.8 Å². The molecule has 2 aromatic rings. The third-order valence-electron chi connectivity index (χ3n) is 6.05. The van der Waals surface area contributed by atoms with Crippen LogP contribution in [0.2, 0.25) is 0 Å². The largest absolute Gasteiger partial charge is 0.348 e. The summed E-state index contributed by atoms with van der Waals surface area (Å²) in [5.41, 5.74) is 1.55. The van der Waals surface area contributed by atoms with E-state index in [2.05, 4.69) is 26.8 Å². The Labute approximate surface area is 177 Å². The molecule has 1 unspecified atom stereocenters. The van der Waals surface area contributed by atoms with E-state index in [4.69, 9.17) is 0 Å². The van der Waals surface area contributed by atoms with Gasteiger partial charge in [0.25, 0.3) is 0 Å². The summed E-state index contributed by atoms with van der Waals surface area (Å²) in [5.74, 6) is -0.267. The van der Waals surface area contributed by atoms with E-state index >= 15 is 0 Å². The zero-order chi connectivity index (χ0) is 21.5. The van der Waals surface area contributed by atoms with Crippen molar-refractivity contribution in [3.05, 3.63) is 54.6 Å². The fourth-order valence-electron chi connectivity index (χ4n) is 4.31. The number of nitrogens with zero attached hydrogens (tertiary/aromatic N) is 3. The molecule has 8 nitrogen and oxygen atoms in total. The van der Waals surface area contributed by atoms with Crippen molar-refractivity contribution in [3.8, 4) is 0 Å². The van der Waals surface area contributed by atoms with Crippen LogP contribution in [0.3, 0.4) is 0 Å². The molecule has 1 aromatic heterocycles. The van der Waals surface area contributed by atoms with Gasteiger partial charge in [0.15, 0.2) is 0 Å². The highest BCUT2D eigenvalue weighted by Gasteiger charge is 2.57. The number of H-pyrrole nitrogens is 1. The third-order valence-corrected chi connectivity index (χ3v) is 8.04. The van der Waals surface area contributed by atoms with Gasteiger partial charge < -0.3 is 15.2 Å². The van der Waals surface area contributed by atoms with Crippen LogP contribution in [0.1, 0.15) is 31.0 Å². The number of aromatic amines is 1. The second-order valence-electron chi connectivity index (χ2n) is 8.23. The molecule has 0 aliphatic carbocycles. The Hall–Kier alpha value is -2.49. The first-order chi connectivity index (χ1) is 14.2. The molecule has 2 N–H and O–H groups in total.